The maximum Gasteiger partial charge on any atom is 0.238 e. The number of rotatable bonds is 5. The maximum atomic E-state index is 11.2. The third kappa shape index (κ3) is 4.06. The first-order valence-electron chi connectivity index (χ1n) is 6.88. The van der Waals surface area contributed by atoms with E-state index in [2.05, 4.69) is 43.4 Å². The van der Waals surface area contributed by atoms with Gasteiger partial charge in [0.15, 0.2) is 0 Å². The van der Waals surface area contributed by atoms with Crippen LogP contribution in [0.1, 0.15) is 31.0 Å². The van der Waals surface area contributed by atoms with E-state index in [0.29, 0.717) is 0 Å². The van der Waals surface area contributed by atoms with Crippen LogP contribution in [0.15, 0.2) is 53.4 Å². The third-order valence-corrected chi connectivity index (χ3v) is 4.38. The van der Waals surface area contributed by atoms with Crippen LogP contribution < -0.4 is 10.5 Å². The molecule has 0 aliphatic carbocycles. The number of primary sulfonamides is 1. The van der Waals surface area contributed by atoms with Crippen LogP contribution in [0.4, 0.5) is 5.69 Å². The molecule has 0 fully saturated rings. The lowest BCUT2D eigenvalue weighted by molar-refractivity contribution is 0.598. The van der Waals surface area contributed by atoms with E-state index in [0.717, 1.165) is 12.1 Å². The molecule has 3 N–H and O–H groups in total. The van der Waals surface area contributed by atoms with E-state index in [1.165, 1.54) is 23.3 Å². The van der Waals surface area contributed by atoms with Crippen LogP contribution in [0.2, 0.25) is 0 Å². The second-order valence-electron chi connectivity index (χ2n) is 5.03. The average Bonchev–Trinajstić information content (AvgIpc) is 2.47. The summed E-state index contributed by atoms with van der Waals surface area (Å²) in [7, 11) is -3.64. The standard InChI is InChI=1S/C16H20N2O2S/c1-3-13-4-6-14(7-5-13)12(2)18-15-8-10-16(11-9-15)21(17,19)20/h4-12,18H,3H2,1-2H3,(H2,17,19,20). The van der Waals surface area contributed by atoms with Gasteiger partial charge in [0.2, 0.25) is 10.0 Å². The minimum absolute atomic E-state index is 0.119. The molecule has 4 nitrogen and oxygen atoms in total. The highest BCUT2D eigenvalue weighted by Crippen LogP contribution is 2.21. The number of hydrogen-bond donors (Lipinski definition) is 2. The zero-order valence-electron chi connectivity index (χ0n) is 12.2. The monoisotopic (exact) mass is 304 g/mol. The molecule has 0 aromatic heterocycles. The van der Waals surface area contributed by atoms with Gasteiger partial charge in [-0.05, 0) is 48.7 Å². The van der Waals surface area contributed by atoms with Crippen LogP contribution in [-0.4, -0.2) is 8.42 Å². The highest BCUT2D eigenvalue weighted by molar-refractivity contribution is 7.89. The summed E-state index contributed by atoms with van der Waals surface area (Å²) in [5, 5.41) is 8.42. The van der Waals surface area contributed by atoms with E-state index >= 15 is 0 Å². The van der Waals surface area contributed by atoms with Crippen molar-refractivity contribution >= 4 is 15.7 Å². The molecule has 2 aromatic rings. The normalized spacial score (nSPS) is 12.9. The SMILES string of the molecule is CCc1ccc(C(C)Nc2ccc(S(N)(=O)=O)cc2)cc1. The largest absolute Gasteiger partial charge is 0.379 e. The zero-order valence-corrected chi connectivity index (χ0v) is 13.0. The van der Waals surface area contributed by atoms with E-state index in [1.807, 2.05) is 0 Å². The topological polar surface area (TPSA) is 72.2 Å². The van der Waals surface area contributed by atoms with E-state index in [1.54, 1.807) is 12.1 Å². The summed E-state index contributed by atoms with van der Waals surface area (Å²) in [6.07, 6.45) is 1.02. The Labute approximate surface area is 126 Å². The van der Waals surface area contributed by atoms with Crippen molar-refractivity contribution in [2.45, 2.75) is 31.2 Å². The summed E-state index contributed by atoms with van der Waals surface area (Å²) in [6, 6.07) is 15.0. The smallest absolute Gasteiger partial charge is 0.238 e. The van der Waals surface area contributed by atoms with Crippen LogP contribution in [0.3, 0.4) is 0 Å². The van der Waals surface area contributed by atoms with Gasteiger partial charge in [-0.15, -0.1) is 0 Å². The summed E-state index contributed by atoms with van der Waals surface area (Å²) in [6.45, 7) is 4.19. The van der Waals surface area contributed by atoms with Gasteiger partial charge >= 0.3 is 0 Å². The lowest BCUT2D eigenvalue weighted by atomic mass is 10.0. The number of anilines is 1. The fraction of sp³-hybridized carbons (Fsp3) is 0.250. The van der Waals surface area contributed by atoms with Gasteiger partial charge in [-0.25, -0.2) is 13.6 Å². The summed E-state index contributed by atoms with van der Waals surface area (Å²) in [5.41, 5.74) is 3.35. The summed E-state index contributed by atoms with van der Waals surface area (Å²) in [5.74, 6) is 0. The fourth-order valence-electron chi connectivity index (χ4n) is 2.12. The minimum Gasteiger partial charge on any atom is -0.379 e. The molecule has 0 heterocycles. The van der Waals surface area contributed by atoms with Crippen LogP contribution in [0.5, 0.6) is 0 Å². The Hall–Kier alpha value is -1.85. The van der Waals surface area contributed by atoms with Gasteiger partial charge in [0.1, 0.15) is 0 Å². The Kier molecular flexibility index (Phi) is 4.65. The molecule has 0 aliphatic heterocycles. The predicted molar refractivity (Wildman–Crippen MR) is 85.7 cm³/mol. The van der Waals surface area contributed by atoms with E-state index < -0.39 is 10.0 Å². The van der Waals surface area contributed by atoms with Crippen LogP contribution in [-0.2, 0) is 16.4 Å². The van der Waals surface area contributed by atoms with Gasteiger partial charge in [-0.2, -0.15) is 0 Å². The van der Waals surface area contributed by atoms with Crippen molar-refractivity contribution in [1.82, 2.24) is 0 Å². The summed E-state index contributed by atoms with van der Waals surface area (Å²) in [4.78, 5) is 0.119. The minimum atomic E-state index is -3.64. The van der Waals surface area contributed by atoms with Crippen molar-refractivity contribution in [3.63, 3.8) is 0 Å². The molecule has 0 spiro atoms. The van der Waals surface area contributed by atoms with Gasteiger partial charge in [0, 0.05) is 11.7 Å². The average molecular weight is 304 g/mol. The van der Waals surface area contributed by atoms with E-state index in [-0.39, 0.29) is 10.9 Å². The van der Waals surface area contributed by atoms with Crippen molar-refractivity contribution in [2.24, 2.45) is 5.14 Å². The van der Waals surface area contributed by atoms with E-state index in [4.69, 9.17) is 5.14 Å². The van der Waals surface area contributed by atoms with Crippen LogP contribution >= 0.6 is 0 Å². The Morgan fingerprint density at radius 2 is 1.62 bits per heavy atom. The second kappa shape index (κ2) is 6.28. The molecular formula is C16H20N2O2S. The maximum absolute atomic E-state index is 11.2. The van der Waals surface area contributed by atoms with Gasteiger partial charge in [0.05, 0.1) is 4.90 Å². The van der Waals surface area contributed by atoms with Gasteiger partial charge in [0.25, 0.3) is 0 Å². The first-order chi connectivity index (χ1) is 9.90. The number of aryl methyl sites for hydroxylation is 1. The van der Waals surface area contributed by atoms with Crippen molar-refractivity contribution in [3.05, 3.63) is 59.7 Å². The Morgan fingerprint density at radius 1 is 1.05 bits per heavy atom. The third-order valence-electron chi connectivity index (χ3n) is 3.45. The summed E-state index contributed by atoms with van der Waals surface area (Å²) < 4.78 is 22.4. The first-order valence-corrected chi connectivity index (χ1v) is 8.43. The van der Waals surface area contributed by atoms with Crippen molar-refractivity contribution < 1.29 is 8.42 Å². The number of hydrogen-bond acceptors (Lipinski definition) is 3. The Balaban J connectivity index is 2.10. The number of sulfonamides is 1. The highest BCUT2D eigenvalue weighted by atomic mass is 32.2. The van der Waals surface area contributed by atoms with Crippen molar-refractivity contribution in [1.29, 1.82) is 0 Å². The first kappa shape index (κ1) is 15.5. The van der Waals surface area contributed by atoms with Gasteiger partial charge < -0.3 is 5.32 Å². The molecule has 0 amide bonds. The Morgan fingerprint density at radius 3 is 2.10 bits per heavy atom. The molecule has 1 atom stereocenters. The van der Waals surface area contributed by atoms with Gasteiger partial charge in [-0.1, -0.05) is 31.2 Å². The molecular weight excluding hydrogens is 284 g/mol. The molecule has 2 rings (SSSR count). The van der Waals surface area contributed by atoms with Gasteiger partial charge in [-0.3, -0.25) is 0 Å². The highest BCUT2D eigenvalue weighted by Gasteiger charge is 2.08. The lowest BCUT2D eigenvalue weighted by Gasteiger charge is -2.16. The number of benzene rings is 2. The molecule has 0 saturated carbocycles. The molecule has 0 aliphatic rings. The number of nitrogens with two attached hydrogens (primary N) is 1. The second-order valence-corrected chi connectivity index (χ2v) is 6.59. The molecule has 0 radical (unpaired) electrons. The van der Waals surface area contributed by atoms with Crippen molar-refractivity contribution in [3.8, 4) is 0 Å². The molecule has 5 heteroatoms. The van der Waals surface area contributed by atoms with E-state index in [9.17, 15) is 8.42 Å². The predicted octanol–water partition coefficient (Wildman–Crippen LogP) is 3.07. The molecule has 21 heavy (non-hydrogen) atoms. The van der Waals surface area contributed by atoms with Crippen LogP contribution in [0.25, 0.3) is 0 Å². The molecule has 2 aromatic carbocycles. The van der Waals surface area contributed by atoms with Crippen LogP contribution in [0, 0.1) is 0 Å². The summed E-state index contributed by atoms with van der Waals surface area (Å²) >= 11 is 0. The molecule has 1 unspecified atom stereocenters. The molecule has 0 bridgehead atoms. The Bertz CT molecular complexity index is 692. The zero-order chi connectivity index (χ0) is 15.5. The van der Waals surface area contributed by atoms with Crippen molar-refractivity contribution in [2.75, 3.05) is 5.32 Å². The molecule has 0 saturated heterocycles. The number of nitrogens with one attached hydrogen (secondary N) is 1. The fourth-order valence-corrected chi connectivity index (χ4v) is 2.63. The molecule has 112 valence electrons. The lowest BCUT2D eigenvalue weighted by Crippen LogP contribution is -2.12. The quantitative estimate of drug-likeness (QED) is 0.891.